The highest BCUT2D eigenvalue weighted by molar-refractivity contribution is 6.12. The minimum absolute atomic E-state index is 1.01. The van der Waals surface area contributed by atoms with Gasteiger partial charge in [-0.05, 0) is 56.0 Å². The molecule has 0 saturated carbocycles. The van der Waals surface area contributed by atoms with E-state index in [1.165, 1.54) is 43.1 Å². The summed E-state index contributed by atoms with van der Waals surface area (Å²) in [6.45, 7) is 8.00. The molecule has 132 valence electrons. The van der Waals surface area contributed by atoms with Gasteiger partial charge in [-0.1, -0.05) is 101 Å². The van der Waals surface area contributed by atoms with Gasteiger partial charge in [-0.3, -0.25) is 0 Å². The molecule has 0 heterocycles. The van der Waals surface area contributed by atoms with Crippen LogP contribution in [-0.2, 0) is 6.42 Å². The Morgan fingerprint density at radius 1 is 0.769 bits per heavy atom. The molecule has 0 aliphatic heterocycles. The van der Waals surface area contributed by atoms with Gasteiger partial charge >= 0.3 is 0 Å². The van der Waals surface area contributed by atoms with E-state index in [1.54, 1.807) is 0 Å². The lowest BCUT2D eigenvalue weighted by molar-refractivity contribution is 1.31. The maximum atomic E-state index is 2.34. The van der Waals surface area contributed by atoms with Crippen molar-refractivity contribution in [1.29, 1.82) is 0 Å². The van der Waals surface area contributed by atoms with Gasteiger partial charge in [0, 0.05) is 0 Å². The molecular weight excluding hydrogens is 312 g/mol. The minimum Gasteiger partial charge on any atom is -0.0801 e. The summed E-state index contributed by atoms with van der Waals surface area (Å²) in [6.07, 6.45) is 15.7. The lowest BCUT2D eigenvalue weighted by Gasteiger charge is -2.12. The fourth-order valence-corrected chi connectivity index (χ4v) is 3.93. The first-order valence-corrected chi connectivity index (χ1v) is 9.93. The van der Waals surface area contributed by atoms with Gasteiger partial charge in [0.25, 0.3) is 0 Å². The average molecular weight is 341 g/mol. The van der Waals surface area contributed by atoms with Gasteiger partial charge in [-0.25, -0.2) is 0 Å². The molecule has 2 aliphatic rings. The summed E-state index contributed by atoms with van der Waals surface area (Å²) in [6, 6.07) is 13.5. The molecule has 0 atom stereocenters. The third kappa shape index (κ3) is 2.90. The van der Waals surface area contributed by atoms with Crippen LogP contribution in [0.4, 0.5) is 0 Å². The Kier molecular flexibility index (Phi) is 5.73. The lowest BCUT2D eigenvalue weighted by Crippen LogP contribution is -2.14. The molecule has 5 rings (SSSR count). The summed E-state index contributed by atoms with van der Waals surface area (Å²) in [5, 5.41) is 8.35. The third-order valence-corrected chi connectivity index (χ3v) is 4.86. The molecule has 2 aliphatic carbocycles. The van der Waals surface area contributed by atoms with E-state index in [2.05, 4.69) is 72.9 Å². The highest BCUT2D eigenvalue weighted by Gasteiger charge is 2.13. The van der Waals surface area contributed by atoms with E-state index in [9.17, 15) is 0 Å². The predicted molar refractivity (Wildman–Crippen MR) is 119 cm³/mol. The van der Waals surface area contributed by atoms with Crippen molar-refractivity contribution in [3.63, 3.8) is 0 Å². The Balaban J connectivity index is 0.000000461. The normalized spacial score (nSPS) is 13.4. The van der Waals surface area contributed by atoms with E-state index in [0.717, 1.165) is 12.8 Å². The first kappa shape index (κ1) is 18.2. The molecular formula is C26H28. The average Bonchev–Trinajstić information content (AvgIpc) is 3.07. The van der Waals surface area contributed by atoms with Crippen molar-refractivity contribution in [3.8, 4) is 0 Å². The number of allylic oxidation sites excluding steroid dienone is 3. The first-order valence-electron chi connectivity index (χ1n) is 9.93. The number of hydrogen-bond donors (Lipinski definition) is 0. The van der Waals surface area contributed by atoms with Crippen LogP contribution in [0.1, 0.15) is 45.2 Å². The molecule has 26 heavy (non-hydrogen) atoms. The smallest absolute Gasteiger partial charge is 0.00296 e. The third-order valence-electron chi connectivity index (χ3n) is 4.86. The van der Waals surface area contributed by atoms with Crippen molar-refractivity contribution in [1.82, 2.24) is 0 Å². The van der Waals surface area contributed by atoms with Crippen LogP contribution in [0.15, 0.2) is 54.6 Å². The van der Waals surface area contributed by atoms with Gasteiger partial charge < -0.3 is 0 Å². The van der Waals surface area contributed by atoms with Crippen LogP contribution in [0.5, 0.6) is 0 Å². The van der Waals surface area contributed by atoms with Crippen LogP contribution in [0.25, 0.3) is 39.8 Å². The highest BCUT2D eigenvalue weighted by Crippen LogP contribution is 2.28. The van der Waals surface area contributed by atoms with Gasteiger partial charge in [0.2, 0.25) is 0 Å². The van der Waals surface area contributed by atoms with E-state index < -0.39 is 0 Å². The second-order valence-electron chi connectivity index (χ2n) is 6.08. The van der Waals surface area contributed by atoms with Crippen molar-refractivity contribution < 1.29 is 0 Å². The van der Waals surface area contributed by atoms with Crippen LogP contribution < -0.4 is 10.4 Å². The Morgan fingerprint density at radius 3 is 2.31 bits per heavy atom. The SMILES string of the molecule is C1=CCc2cccc3c2c(c2c4c(cccc43)=CCC=C2)=C1.CC.CC. The van der Waals surface area contributed by atoms with Crippen LogP contribution in [-0.4, -0.2) is 0 Å². The summed E-state index contributed by atoms with van der Waals surface area (Å²) in [7, 11) is 0. The zero-order valence-electron chi connectivity index (χ0n) is 16.3. The zero-order chi connectivity index (χ0) is 18.5. The molecule has 0 N–H and O–H groups in total. The second-order valence-corrected chi connectivity index (χ2v) is 6.08. The van der Waals surface area contributed by atoms with Gasteiger partial charge in [-0.15, -0.1) is 0 Å². The summed E-state index contributed by atoms with van der Waals surface area (Å²) in [4.78, 5) is 0. The van der Waals surface area contributed by atoms with Crippen LogP contribution in [0, 0.1) is 0 Å². The van der Waals surface area contributed by atoms with Gasteiger partial charge in [0.05, 0.1) is 0 Å². The summed E-state index contributed by atoms with van der Waals surface area (Å²) in [5.41, 5.74) is 2.81. The molecule has 0 aromatic heterocycles. The molecule has 0 unspecified atom stereocenters. The molecule has 0 bridgehead atoms. The van der Waals surface area contributed by atoms with Crippen LogP contribution in [0.2, 0.25) is 0 Å². The Bertz CT molecular complexity index is 1110. The maximum absolute atomic E-state index is 2.34. The van der Waals surface area contributed by atoms with E-state index in [-0.39, 0.29) is 0 Å². The molecule has 3 aromatic carbocycles. The zero-order valence-corrected chi connectivity index (χ0v) is 16.3. The lowest BCUT2D eigenvalue weighted by atomic mass is 9.91. The Morgan fingerprint density at radius 2 is 1.50 bits per heavy atom. The van der Waals surface area contributed by atoms with Gasteiger partial charge in [-0.2, -0.15) is 0 Å². The fraction of sp³-hybridized carbons (Fsp3) is 0.231. The molecule has 0 heteroatoms. The monoisotopic (exact) mass is 340 g/mol. The molecule has 0 spiro atoms. The van der Waals surface area contributed by atoms with Crippen molar-refractivity contribution in [2.45, 2.75) is 40.5 Å². The number of hydrogen-bond acceptors (Lipinski definition) is 0. The summed E-state index contributed by atoms with van der Waals surface area (Å²) >= 11 is 0. The second kappa shape index (κ2) is 8.19. The number of fused-ring (bicyclic) bond motifs is 2. The largest absolute Gasteiger partial charge is 0.0801 e. The first-order chi connectivity index (χ1) is 12.9. The van der Waals surface area contributed by atoms with Crippen molar-refractivity contribution >= 4 is 39.8 Å². The topological polar surface area (TPSA) is 0 Å². The summed E-state index contributed by atoms with van der Waals surface area (Å²) in [5.74, 6) is 0. The Labute approximate surface area is 156 Å². The quantitative estimate of drug-likeness (QED) is 0.431. The van der Waals surface area contributed by atoms with E-state index in [0.29, 0.717) is 0 Å². The fourth-order valence-electron chi connectivity index (χ4n) is 3.93. The minimum atomic E-state index is 1.01. The van der Waals surface area contributed by atoms with Gasteiger partial charge in [0.15, 0.2) is 0 Å². The number of benzene rings is 3. The Hall–Kier alpha value is -2.60. The molecule has 0 fully saturated rings. The van der Waals surface area contributed by atoms with Crippen molar-refractivity contribution in [2.24, 2.45) is 0 Å². The highest BCUT2D eigenvalue weighted by atomic mass is 14.2. The van der Waals surface area contributed by atoms with E-state index in [1.807, 2.05) is 27.7 Å². The van der Waals surface area contributed by atoms with E-state index >= 15 is 0 Å². The standard InChI is InChI=1S/C22H16.2C2H6/c1-3-11-17-18-12-4-2-8-16-10-6-14-20(22(16)18)19-13-5-9-15(7-1)21(17)19;2*1-2/h1,3-6,8-14H,2,7H2;2*1-2H3. The van der Waals surface area contributed by atoms with Crippen LogP contribution in [0.3, 0.4) is 0 Å². The molecule has 3 aromatic rings. The summed E-state index contributed by atoms with van der Waals surface area (Å²) < 4.78 is 0. The molecule has 0 radical (unpaired) electrons. The van der Waals surface area contributed by atoms with Crippen molar-refractivity contribution in [2.75, 3.05) is 0 Å². The van der Waals surface area contributed by atoms with Gasteiger partial charge in [0.1, 0.15) is 0 Å². The molecule has 0 nitrogen and oxygen atoms in total. The predicted octanol–water partition coefficient (Wildman–Crippen LogP) is 6.14. The maximum Gasteiger partial charge on any atom is -0.00296 e. The van der Waals surface area contributed by atoms with Crippen LogP contribution >= 0.6 is 0 Å². The molecule has 0 amide bonds. The number of rotatable bonds is 0. The molecule has 0 saturated heterocycles. The van der Waals surface area contributed by atoms with Crippen molar-refractivity contribution in [3.05, 3.63) is 76.2 Å². The van der Waals surface area contributed by atoms with E-state index in [4.69, 9.17) is 0 Å².